The molecule has 1 rings (SSSR count). The third kappa shape index (κ3) is 6.89. The maximum Gasteiger partial charge on any atom is 0.314 e. The summed E-state index contributed by atoms with van der Waals surface area (Å²) >= 11 is 1.86. The van der Waals surface area contributed by atoms with Crippen molar-refractivity contribution in [3.8, 4) is 0 Å². The zero-order chi connectivity index (χ0) is 12.3. The number of urea groups is 1. The molecular formula is C13H20N2OS. The Morgan fingerprint density at radius 3 is 2.65 bits per heavy atom. The number of unbranched alkanes of at least 4 members (excludes halogenated alkanes) is 1. The summed E-state index contributed by atoms with van der Waals surface area (Å²) in [4.78, 5) is 12.4. The van der Waals surface area contributed by atoms with Crippen molar-refractivity contribution >= 4 is 17.8 Å². The number of nitrogens with one attached hydrogen (secondary N) is 2. The fraction of sp³-hybridized carbons (Fsp3) is 0.462. The van der Waals surface area contributed by atoms with Gasteiger partial charge >= 0.3 is 6.03 Å². The van der Waals surface area contributed by atoms with E-state index in [1.807, 2.05) is 24.8 Å². The Labute approximate surface area is 107 Å². The van der Waals surface area contributed by atoms with Crippen molar-refractivity contribution in [1.29, 1.82) is 0 Å². The van der Waals surface area contributed by atoms with Crippen LogP contribution in [0.4, 0.5) is 4.79 Å². The van der Waals surface area contributed by atoms with Crippen LogP contribution in [0.3, 0.4) is 0 Å². The molecule has 4 heteroatoms. The van der Waals surface area contributed by atoms with Crippen LogP contribution in [0.15, 0.2) is 35.2 Å². The molecule has 0 fully saturated rings. The lowest BCUT2D eigenvalue weighted by molar-refractivity contribution is 0.241. The first-order chi connectivity index (χ1) is 8.33. The highest BCUT2D eigenvalue weighted by atomic mass is 32.2. The summed E-state index contributed by atoms with van der Waals surface area (Å²) in [5.74, 6) is 1.10. The van der Waals surface area contributed by atoms with E-state index in [2.05, 4.69) is 34.9 Å². The minimum atomic E-state index is -0.0665. The first kappa shape index (κ1) is 13.9. The Hall–Kier alpha value is -1.16. The van der Waals surface area contributed by atoms with E-state index in [1.54, 1.807) is 0 Å². The molecule has 17 heavy (non-hydrogen) atoms. The van der Waals surface area contributed by atoms with Crippen LogP contribution in [0.2, 0.25) is 0 Å². The first-order valence-electron chi connectivity index (χ1n) is 6.02. The van der Waals surface area contributed by atoms with Crippen LogP contribution in [-0.4, -0.2) is 24.9 Å². The van der Waals surface area contributed by atoms with Gasteiger partial charge in [-0.15, -0.1) is 11.8 Å². The second kappa shape index (κ2) is 8.93. The molecule has 0 aromatic heterocycles. The van der Waals surface area contributed by atoms with E-state index in [0.717, 1.165) is 25.1 Å². The molecule has 94 valence electrons. The summed E-state index contributed by atoms with van der Waals surface area (Å²) in [7, 11) is 0. The highest BCUT2D eigenvalue weighted by Crippen LogP contribution is 2.17. The van der Waals surface area contributed by atoms with Gasteiger partial charge in [-0.05, 0) is 37.7 Å². The van der Waals surface area contributed by atoms with E-state index in [9.17, 15) is 4.79 Å². The third-order valence-corrected chi connectivity index (χ3v) is 3.30. The van der Waals surface area contributed by atoms with Crippen LogP contribution in [-0.2, 0) is 0 Å². The largest absolute Gasteiger partial charge is 0.338 e. The van der Waals surface area contributed by atoms with Crippen molar-refractivity contribution in [3.63, 3.8) is 0 Å². The van der Waals surface area contributed by atoms with Gasteiger partial charge in [0.15, 0.2) is 0 Å². The molecule has 2 N–H and O–H groups in total. The van der Waals surface area contributed by atoms with Crippen LogP contribution < -0.4 is 10.6 Å². The minimum absolute atomic E-state index is 0.0665. The van der Waals surface area contributed by atoms with Crippen LogP contribution in [0, 0.1) is 0 Å². The topological polar surface area (TPSA) is 41.1 Å². The van der Waals surface area contributed by atoms with Gasteiger partial charge in [-0.25, -0.2) is 4.79 Å². The number of hydrogen-bond donors (Lipinski definition) is 2. The maximum atomic E-state index is 11.1. The highest BCUT2D eigenvalue weighted by Gasteiger charge is 1.96. The lowest BCUT2D eigenvalue weighted by Crippen LogP contribution is -2.35. The molecule has 0 heterocycles. The van der Waals surface area contributed by atoms with Gasteiger partial charge in [0.25, 0.3) is 0 Å². The minimum Gasteiger partial charge on any atom is -0.338 e. The first-order valence-corrected chi connectivity index (χ1v) is 7.01. The number of amides is 2. The SMILES string of the molecule is CCNC(=O)NCCCCSc1ccccc1. The Kier molecular flexibility index (Phi) is 7.30. The highest BCUT2D eigenvalue weighted by molar-refractivity contribution is 7.99. The van der Waals surface area contributed by atoms with Crippen LogP contribution >= 0.6 is 11.8 Å². The molecule has 0 aliphatic carbocycles. The smallest absolute Gasteiger partial charge is 0.314 e. The van der Waals surface area contributed by atoms with Crippen molar-refractivity contribution < 1.29 is 4.79 Å². The van der Waals surface area contributed by atoms with Crippen molar-refractivity contribution in [2.24, 2.45) is 0 Å². The second-order valence-corrected chi connectivity index (χ2v) is 4.82. The van der Waals surface area contributed by atoms with Crippen molar-refractivity contribution in [2.75, 3.05) is 18.8 Å². The van der Waals surface area contributed by atoms with Gasteiger partial charge in [0, 0.05) is 18.0 Å². The molecule has 0 bridgehead atoms. The van der Waals surface area contributed by atoms with Gasteiger partial charge < -0.3 is 10.6 Å². The van der Waals surface area contributed by atoms with E-state index >= 15 is 0 Å². The molecule has 0 saturated heterocycles. The Morgan fingerprint density at radius 2 is 1.94 bits per heavy atom. The number of hydrogen-bond acceptors (Lipinski definition) is 2. The van der Waals surface area contributed by atoms with E-state index in [4.69, 9.17) is 0 Å². The van der Waals surface area contributed by atoms with Gasteiger partial charge in [0.1, 0.15) is 0 Å². The molecule has 0 radical (unpaired) electrons. The molecule has 1 aromatic rings. The molecule has 3 nitrogen and oxygen atoms in total. The molecule has 0 aliphatic rings. The van der Waals surface area contributed by atoms with E-state index < -0.39 is 0 Å². The summed E-state index contributed by atoms with van der Waals surface area (Å²) in [6.45, 7) is 3.34. The standard InChI is InChI=1S/C13H20N2OS/c1-2-14-13(16)15-10-6-7-11-17-12-8-4-3-5-9-12/h3-5,8-9H,2,6-7,10-11H2,1H3,(H2,14,15,16). The number of rotatable bonds is 7. The van der Waals surface area contributed by atoms with Gasteiger partial charge in [-0.2, -0.15) is 0 Å². The van der Waals surface area contributed by atoms with Crippen molar-refractivity contribution in [1.82, 2.24) is 10.6 Å². The second-order valence-electron chi connectivity index (χ2n) is 3.65. The predicted octanol–water partition coefficient (Wildman–Crippen LogP) is 2.88. The molecular weight excluding hydrogens is 232 g/mol. The molecule has 0 spiro atoms. The normalized spacial score (nSPS) is 9.94. The molecule has 1 aromatic carbocycles. The lowest BCUT2D eigenvalue weighted by Gasteiger charge is -2.05. The molecule has 2 amide bonds. The van der Waals surface area contributed by atoms with Crippen LogP contribution in [0.25, 0.3) is 0 Å². The predicted molar refractivity (Wildman–Crippen MR) is 73.5 cm³/mol. The third-order valence-electron chi connectivity index (χ3n) is 2.21. The van der Waals surface area contributed by atoms with Crippen LogP contribution in [0.5, 0.6) is 0 Å². The molecule has 0 unspecified atom stereocenters. The number of benzene rings is 1. The van der Waals surface area contributed by atoms with Gasteiger partial charge in [0.05, 0.1) is 0 Å². The maximum absolute atomic E-state index is 11.1. The quantitative estimate of drug-likeness (QED) is 0.579. The Morgan fingerprint density at radius 1 is 1.18 bits per heavy atom. The monoisotopic (exact) mass is 252 g/mol. The molecule has 0 saturated carbocycles. The summed E-state index contributed by atoms with van der Waals surface area (Å²) < 4.78 is 0. The summed E-state index contributed by atoms with van der Waals surface area (Å²) in [6, 6.07) is 10.3. The molecule has 0 aliphatic heterocycles. The van der Waals surface area contributed by atoms with Gasteiger partial charge in [-0.3, -0.25) is 0 Å². The van der Waals surface area contributed by atoms with E-state index in [1.165, 1.54) is 4.90 Å². The van der Waals surface area contributed by atoms with Crippen molar-refractivity contribution in [3.05, 3.63) is 30.3 Å². The zero-order valence-corrected chi connectivity index (χ0v) is 11.1. The fourth-order valence-electron chi connectivity index (χ4n) is 1.36. The Bertz CT molecular complexity index is 316. The van der Waals surface area contributed by atoms with Crippen LogP contribution in [0.1, 0.15) is 19.8 Å². The molecule has 0 atom stereocenters. The fourth-order valence-corrected chi connectivity index (χ4v) is 2.29. The lowest BCUT2D eigenvalue weighted by atomic mass is 10.3. The van der Waals surface area contributed by atoms with Gasteiger partial charge in [0.2, 0.25) is 0 Å². The summed E-state index contributed by atoms with van der Waals surface area (Å²) in [6.07, 6.45) is 2.14. The van der Waals surface area contributed by atoms with E-state index in [0.29, 0.717) is 6.54 Å². The van der Waals surface area contributed by atoms with Gasteiger partial charge in [-0.1, -0.05) is 18.2 Å². The zero-order valence-electron chi connectivity index (χ0n) is 10.2. The van der Waals surface area contributed by atoms with Crippen molar-refractivity contribution in [2.45, 2.75) is 24.7 Å². The Balaban J connectivity index is 1.96. The summed E-state index contributed by atoms with van der Waals surface area (Å²) in [5.41, 5.74) is 0. The average Bonchev–Trinajstić information content (AvgIpc) is 2.35. The number of carbonyl (C=O) groups is 1. The number of carbonyl (C=O) groups excluding carboxylic acids is 1. The average molecular weight is 252 g/mol. The summed E-state index contributed by atoms with van der Waals surface area (Å²) in [5, 5.41) is 5.53. The van der Waals surface area contributed by atoms with E-state index in [-0.39, 0.29) is 6.03 Å². The number of thioether (sulfide) groups is 1.